The predicted octanol–water partition coefficient (Wildman–Crippen LogP) is 3.76. The molecule has 0 aromatic carbocycles. The van der Waals surface area contributed by atoms with Gasteiger partial charge in [0.15, 0.2) is 0 Å². The second kappa shape index (κ2) is 8.97. The van der Waals surface area contributed by atoms with Crippen LogP contribution in [-0.2, 0) is 0 Å². The molecule has 2 aliphatic rings. The summed E-state index contributed by atoms with van der Waals surface area (Å²) in [5, 5.41) is 0. The minimum absolute atomic E-state index is 0.952. The van der Waals surface area contributed by atoms with E-state index in [1.807, 2.05) is 0 Å². The molecule has 1 unspecified atom stereocenters. The molecular formula is C17H34N2. The first-order valence-electron chi connectivity index (χ1n) is 8.83. The van der Waals surface area contributed by atoms with E-state index in [9.17, 15) is 0 Å². The van der Waals surface area contributed by atoms with Crippen LogP contribution in [0, 0.1) is 5.92 Å². The first kappa shape index (κ1) is 15.3. The summed E-state index contributed by atoms with van der Waals surface area (Å²) in [6.45, 7) is 10.5. The van der Waals surface area contributed by atoms with Crippen LogP contribution in [0.25, 0.3) is 0 Å². The number of rotatable bonds is 6. The van der Waals surface area contributed by atoms with E-state index in [-0.39, 0.29) is 0 Å². The Morgan fingerprint density at radius 2 is 1.58 bits per heavy atom. The molecule has 2 fully saturated rings. The van der Waals surface area contributed by atoms with Gasteiger partial charge in [-0.3, -0.25) is 0 Å². The normalized spacial score (nSPS) is 27.3. The van der Waals surface area contributed by atoms with E-state index in [0.717, 1.165) is 5.92 Å². The van der Waals surface area contributed by atoms with E-state index in [1.165, 1.54) is 97.1 Å². The van der Waals surface area contributed by atoms with E-state index >= 15 is 0 Å². The summed E-state index contributed by atoms with van der Waals surface area (Å²) in [5.74, 6) is 0.952. The second-order valence-electron chi connectivity index (χ2n) is 6.73. The molecule has 0 N–H and O–H groups in total. The van der Waals surface area contributed by atoms with Gasteiger partial charge in [0.05, 0.1) is 0 Å². The molecule has 0 bridgehead atoms. The Balaban J connectivity index is 1.67. The predicted molar refractivity (Wildman–Crippen MR) is 83.6 cm³/mol. The van der Waals surface area contributed by atoms with Crippen molar-refractivity contribution >= 4 is 0 Å². The standard InChI is InChI=1S/C17H34N2/c1-2-3-6-11-19-14-9-10-17(16-19)15-18-12-7-4-5-8-13-18/h17H,2-16H2,1H3. The molecular weight excluding hydrogens is 232 g/mol. The van der Waals surface area contributed by atoms with Crippen LogP contribution < -0.4 is 0 Å². The van der Waals surface area contributed by atoms with E-state index in [4.69, 9.17) is 0 Å². The first-order valence-corrected chi connectivity index (χ1v) is 8.83. The zero-order valence-electron chi connectivity index (χ0n) is 13.1. The van der Waals surface area contributed by atoms with Crippen LogP contribution in [0.4, 0.5) is 0 Å². The average molecular weight is 266 g/mol. The van der Waals surface area contributed by atoms with Crippen molar-refractivity contribution in [3.8, 4) is 0 Å². The SMILES string of the molecule is CCCCCN1CCCC(CN2CCCCCC2)C1. The fourth-order valence-electron chi connectivity index (χ4n) is 3.77. The Labute approximate surface area is 120 Å². The molecule has 0 aliphatic carbocycles. The fourth-order valence-corrected chi connectivity index (χ4v) is 3.77. The Hall–Kier alpha value is -0.0800. The molecule has 19 heavy (non-hydrogen) atoms. The highest BCUT2D eigenvalue weighted by Gasteiger charge is 2.22. The molecule has 2 rings (SSSR count). The summed E-state index contributed by atoms with van der Waals surface area (Å²) in [6, 6.07) is 0. The van der Waals surface area contributed by atoms with E-state index < -0.39 is 0 Å². The van der Waals surface area contributed by atoms with Gasteiger partial charge in [0, 0.05) is 13.1 Å². The summed E-state index contributed by atoms with van der Waals surface area (Å²) in [6.07, 6.45) is 12.9. The lowest BCUT2D eigenvalue weighted by Crippen LogP contribution is -2.41. The molecule has 2 saturated heterocycles. The van der Waals surface area contributed by atoms with E-state index in [1.54, 1.807) is 0 Å². The lowest BCUT2D eigenvalue weighted by Gasteiger charge is -2.35. The fraction of sp³-hybridized carbons (Fsp3) is 1.00. The maximum absolute atomic E-state index is 2.76. The van der Waals surface area contributed by atoms with Crippen molar-refractivity contribution in [2.24, 2.45) is 5.92 Å². The zero-order chi connectivity index (χ0) is 13.3. The van der Waals surface area contributed by atoms with Crippen LogP contribution in [0.15, 0.2) is 0 Å². The molecule has 0 aromatic rings. The summed E-state index contributed by atoms with van der Waals surface area (Å²) < 4.78 is 0. The third-order valence-electron chi connectivity index (χ3n) is 4.90. The van der Waals surface area contributed by atoms with Crippen LogP contribution in [-0.4, -0.2) is 49.1 Å². The smallest absolute Gasteiger partial charge is 0.00219 e. The molecule has 0 saturated carbocycles. The third kappa shape index (κ3) is 5.83. The molecule has 0 spiro atoms. The number of piperidine rings is 1. The number of hydrogen-bond donors (Lipinski definition) is 0. The second-order valence-corrected chi connectivity index (χ2v) is 6.73. The number of likely N-dealkylation sites (tertiary alicyclic amines) is 2. The van der Waals surface area contributed by atoms with Crippen molar-refractivity contribution in [1.29, 1.82) is 0 Å². The van der Waals surface area contributed by atoms with E-state index in [2.05, 4.69) is 16.7 Å². The molecule has 1 atom stereocenters. The van der Waals surface area contributed by atoms with Gasteiger partial charge in [-0.05, 0) is 64.2 Å². The summed E-state index contributed by atoms with van der Waals surface area (Å²) in [4.78, 5) is 5.49. The number of nitrogens with zero attached hydrogens (tertiary/aromatic N) is 2. The molecule has 112 valence electrons. The molecule has 2 heteroatoms. The number of unbranched alkanes of at least 4 members (excludes halogenated alkanes) is 2. The van der Waals surface area contributed by atoms with Crippen molar-refractivity contribution in [3.05, 3.63) is 0 Å². The van der Waals surface area contributed by atoms with Gasteiger partial charge in [0.2, 0.25) is 0 Å². The Morgan fingerprint density at radius 3 is 2.32 bits per heavy atom. The van der Waals surface area contributed by atoms with E-state index in [0.29, 0.717) is 0 Å². The van der Waals surface area contributed by atoms with Gasteiger partial charge in [-0.15, -0.1) is 0 Å². The van der Waals surface area contributed by atoms with Crippen molar-refractivity contribution < 1.29 is 0 Å². The zero-order valence-corrected chi connectivity index (χ0v) is 13.1. The Morgan fingerprint density at radius 1 is 0.842 bits per heavy atom. The topological polar surface area (TPSA) is 6.48 Å². The van der Waals surface area contributed by atoms with Crippen molar-refractivity contribution in [3.63, 3.8) is 0 Å². The Bertz CT molecular complexity index is 221. The summed E-state index contributed by atoms with van der Waals surface area (Å²) >= 11 is 0. The highest BCUT2D eigenvalue weighted by atomic mass is 15.2. The monoisotopic (exact) mass is 266 g/mol. The minimum atomic E-state index is 0.952. The third-order valence-corrected chi connectivity index (χ3v) is 4.90. The van der Waals surface area contributed by atoms with Gasteiger partial charge >= 0.3 is 0 Å². The number of hydrogen-bond acceptors (Lipinski definition) is 2. The largest absolute Gasteiger partial charge is 0.303 e. The highest BCUT2D eigenvalue weighted by molar-refractivity contribution is 4.76. The average Bonchev–Trinajstić information content (AvgIpc) is 2.68. The van der Waals surface area contributed by atoms with Crippen molar-refractivity contribution in [2.75, 3.05) is 39.3 Å². The van der Waals surface area contributed by atoms with Crippen LogP contribution >= 0.6 is 0 Å². The van der Waals surface area contributed by atoms with Gasteiger partial charge < -0.3 is 9.80 Å². The highest BCUT2D eigenvalue weighted by Crippen LogP contribution is 2.20. The molecule has 0 aromatic heterocycles. The maximum Gasteiger partial charge on any atom is 0.00219 e. The van der Waals surface area contributed by atoms with Crippen molar-refractivity contribution in [1.82, 2.24) is 9.80 Å². The van der Waals surface area contributed by atoms with Crippen molar-refractivity contribution in [2.45, 2.75) is 64.7 Å². The molecule has 2 heterocycles. The lowest BCUT2D eigenvalue weighted by molar-refractivity contribution is 0.133. The quantitative estimate of drug-likeness (QED) is 0.675. The van der Waals surface area contributed by atoms with Gasteiger partial charge in [-0.1, -0.05) is 32.6 Å². The lowest BCUT2D eigenvalue weighted by atomic mass is 9.97. The van der Waals surface area contributed by atoms with Gasteiger partial charge in [0.1, 0.15) is 0 Å². The van der Waals surface area contributed by atoms with Crippen LogP contribution in [0.5, 0.6) is 0 Å². The van der Waals surface area contributed by atoms with Crippen LogP contribution in [0.2, 0.25) is 0 Å². The van der Waals surface area contributed by atoms with Gasteiger partial charge in [0.25, 0.3) is 0 Å². The summed E-state index contributed by atoms with van der Waals surface area (Å²) in [7, 11) is 0. The molecule has 2 aliphatic heterocycles. The van der Waals surface area contributed by atoms with Gasteiger partial charge in [-0.2, -0.15) is 0 Å². The molecule has 2 nitrogen and oxygen atoms in total. The molecule has 0 amide bonds. The van der Waals surface area contributed by atoms with Gasteiger partial charge in [-0.25, -0.2) is 0 Å². The summed E-state index contributed by atoms with van der Waals surface area (Å²) in [5.41, 5.74) is 0. The Kier molecular flexibility index (Phi) is 7.23. The molecule has 0 radical (unpaired) electrons. The first-order chi connectivity index (χ1) is 9.38. The minimum Gasteiger partial charge on any atom is -0.303 e. The maximum atomic E-state index is 2.76. The van der Waals surface area contributed by atoms with Crippen LogP contribution in [0.1, 0.15) is 64.7 Å². The van der Waals surface area contributed by atoms with Crippen LogP contribution in [0.3, 0.4) is 0 Å².